The van der Waals surface area contributed by atoms with E-state index in [4.69, 9.17) is 17.3 Å². The fourth-order valence-electron chi connectivity index (χ4n) is 1.60. The van der Waals surface area contributed by atoms with Crippen molar-refractivity contribution in [2.45, 2.75) is 0 Å². The maximum absolute atomic E-state index is 12.1. The zero-order chi connectivity index (χ0) is 13.3. The molecule has 2 rings (SSSR count). The summed E-state index contributed by atoms with van der Waals surface area (Å²) in [6.45, 7) is 0. The number of hydrogen-bond donors (Lipinski definition) is 2. The van der Waals surface area contributed by atoms with Crippen LogP contribution in [0.25, 0.3) is 0 Å². The van der Waals surface area contributed by atoms with Gasteiger partial charge in [0.05, 0.1) is 16.4 Å². The number of nitrogen functional groups attached to an aromatic ring is 1. The normalized spacial score (nSPS) is 10.4. The first-order valence-electron chi connectivity index (χ1n) is 5.15. The molecule has 2 aromatic rings. The number of aromatic nitrogens is 1. The zero-order valence-electron chi connectivity index (χ0n) is 9.58. The van der Waals surface area contributed by atoms with E-state index in [2.05, 4.69) is 21.2 Å². The topological polar surface area (TPSA) is 60.0 Å². The summed E-state index contributed by atoms with van der Waals surface area (Å²) in [5.41, 5.74) is 7.20. The Bertz CT molecular complexity index is 609. The van der Waals surface area contributed by atoms with Crippen LogP contribution in [0.3, 0.4) is 0 Å². The molecule has 4 nitrogen and oxygen atoms in total. The van der Waals surface area contributed by atoms with Crippen molar-refractivity contribution < 1.29 is 4.79 Å². The molecule has 18 heavy (non-hydrogen) atoms. The van der Waals surface area contributed by atoms with E-state index in [1.807, 2.05) is 0 Å². The molecule has 1 aromatic heterocycles. The van der Waals surface area contributed by atoms with Gasteiger partial charge in [0, 0.05) is 17.7 Å². The minimum atomic E-state index is -0.255. The second-order valence-electron chi connectivity index (χ2n) is 3.85. The van der Waals surface area contributed by atoms with E-state index in [1.165, 1.54) is 0 Å². The molecule has 0 fully saturated rings. The molecule has 0 saturated heterocycles. The molecule has 0 saturated carbocycles. The summed E-state index contributed by atoms with van der Waals surface area (Å²) in [5, 5.41) is 3.22. The molecule has 0 aliphatic carbocycles. The number of nitrogens with two attached hydrogens (primary N) is 1. The number of halogens is 2. The maximum Gasteiger partial charge on any atom is 0.272 e. The lowest BCUT2D eigenvalue weighted by Crippen LogP contribution is -2.15. The highest BCUT2D eigenvalue weighted by Gasteiger charge is 2.12. The third-order valence-electron chi connectivity index (χ3n) is 2.44. The molecule has 3 N–H and O–H groups in total. The lowest BCUT2D eigenvalue weighted by molar-refractivity contribution is 0.101. The first-order valence-corrected chi connectivity index (χ1v) is 6.32. The minimum absolute atomic E-state index is 0.255. The Morgan fingerprint density at radius 2 is 2.17 bits per heavy atom. The van der Waals surface area contributed by atoms with E-state index in [0.717, 1.165) is 4.47 Å². The lowest BCUT2D eigenvalue weighted by atomic mass is 10.3. The van der Waals surface area contributed by atoms with Gasteiger partial charge in [0.15, 0.2) is 0 Å². The van der Waals surface area contributed by atoms with Gasteiger partial charge < -0.3 is 15.6 Å². The van der Waals surface area contributed by atoms with Crippen LogP contribution in [0.1, 0.15) is 10.5 Å². The van der Waals surface area contributed by atoms with Gasteiger partial charge in [-0.3, -0.25) is 4.79 Å². The summed E-state index contributed by atoms with van der Waals surface area (Å²) in [4.78, 5) is 12.1. The smallest absolute Gasteiger partial charge is 0.272 e. The summed E-state index contributed by atoms with van der Waals surface area (Å²) in [6.07, 6.45) is 1.68. The van der Waals surface area contributed by atoms with Crippen LogP contribution < -0.4 is 11.1 Å². The van der Waals surface area contributed by atoms with Gasteiger partial charge >= 0.3 is 0 Å². The van der Waals surface area contributed by atoms with Crippen molar-refractivity contribution in [3.63, 3.8) is 0 Å². The molecule has 1 amide bonds. The third-order valence-corrected chi connectivity index (χ3v) is 3.26. The fourth-order valence-corrected chi connectivity index (χ4v) is 2.12. The van der Waals surface area contributed by atoms with Crippen LogP contribution in [-0.2, 0) is 7.05 Å². The lowest BCUT2D eigenvalue weighted by Gasteiger charge is -2.08. The van der Waals surface area contributed by atoms with Crippen molar-refractivity contribution in [3.05, 3.63) is 45.7 Å². The summed E-state index contributed by atoms with van der Waals surface area (Å²) in [6, 6.07) is 6.87. The molecular weight excluding hydrogens is 318 g/mol. The van der Waals surface area contributed by atoms with Gasteiger partial charge in [-0.25, -0.2) is 0 Å². The second-order valence-corrected chi connectivity index (χ2v) is 5.17. The molecule has 0 aliphatic rings. The molecular formula is C12H11BrClN3O. The number of benzene rings is 1. The Balaban J connectivity index is 2.26. The van der Waals surface area contributed by atoms with Crippen LogP contribution in [0.5, 0.6) is 0 Å². The van der Waals surface area contributed by atoms with Crippen molar-refractivity contribution >= 4 is 44.8 Å². The summed E-state index contributed by atoms with van der Waals surface area (Å²) in [7, 11) is 1.76. The average Bonchev–Trinajstić information content (AvgIpc) is 2.63. The third kappa shape index (κ3) is 2.68. The largest absolute Gasteiger partial charge is 0.397 e. The van der Waals surface area contributed by atoms with Gasteiger partial charge in [-0.1, -0.05) is 27.5 Å². The summed E-state index contributed by atoms with van der Waals surface area (Å²) < 4.78 is 2.50. The second kappa shape index (κ2) is 5.04. The van der Waals surface area contributed by atoms with Crippen molar-refractivity contribution in [2.75, 3.05) is 11.1 Å². The highest BCUT2D eigenvalue weighted by atomic mass is 79.9. The highest BCUT2D eigenvalue weighted by Crippen LogP contribution is 2.26. The van der Waals surface area contributed by atoms with Crippen LogP contribution in [0.15, 0.2) is 34.9 Å². The quantitative estimate of drug-likeness (QED) is 0.889. The van der Waals surface area contributed by atoms with Gasteiger partial charge in [0.2, 0.25) is 0 Å². The first kappa shape index (κ1) is 13.0. The number of hydrogen-bond acceptors (Lipinski definition) is 2. The van der Waals surface area contributed by atoms with Gasteiger partial charge in [-0.05, 0) is 24.3 Å². The zero-order valence-corrected chi connectivity index (χ0v) is 11.9. The van der Waals surface area contributed by atoms with E-state index >= 15 is 0 Å². The van der Waals surface area contributed by atoms with Crippen LogP contribution >= 0.6 is 27.5 Å². The number of carbonyl (C=O) groups excluding carboxylic acids is 1. The molecule has 0 bridgehead atoms. The van der Waals surface area contributed by atoms with Crippen LogP contribution in [0, 0.1) is 0 Å². The van der Waals surface area contributed by atoms with Gasteiger partial charge in [-0.2, -0.15) is 0 Å². The van der Waals surface area contributed by atoms with E-state index in [9.17, 15) is 4.79 Å². The van der Waals surface area contributed by atoms with E-state index in [0.29, 0.717) is 22.1 Å². The van der Waals surface area contributed by atoms with E-state index in [-0.39, 0.29) is 5.91 Å². The monoisotopic (exact) mass is 327 g/mol. The van der Waals surface area contributed by atoms with Crippen molar-refractivity contribution in [1.29, 1.82) is 0 Å². The summed E-state index contributed by atoms with van der Waals surface area (Å²) >= 11 is 9.33. The highest BCUT2D eigenvalue weighted by molar-refractivity contribution is 9.10. The van der Waals surface area contributed by atoms with Crippen LogP contribution in [0.2, 0.25) is 5.02 Å². The Morgan fingerprint density at radius 1 is 1.44 bits per heavy atom. The number of nitrogens with zero attached hydrogens (tertiary/aromatic N) is 1. The van der Waals surface area contributed by atoms with Crippen molar-refractivity contribution in [2.24, 2.45) is 7.05 Å². The maximum atomic E-state index is 12.1. The Hall–Kier alpha value is -1.46. The average molecular weight is 329 g/mol. The van der Waals surface area contributed by atoms with Crippen LogP contribution in [0.4, 0.5) is 11.4 Å². The standard InChI is InChI=1S/C12H11BrClN3O/c1-17-6-8(15)5-11(17)12(18)16-10-4-7(13)2-3-9(10)14/h2-6H,15H2,1H3,(H,16,18). The van der Waals surface area contributed by atoms with Gasteiger partial charge in [-0.15, -0.1) is 0 Å². The Kier molecular flexibility index (Phi) is 3.63. The number of anilines is 2. The summed E-state index contributed by atoms with van der Waals surface area (Å²) in [5.74, 6) is -0.255. The van der Waals surface area contributed by atoms with Gasteiger partial charge in [0.25, 0.3) is 5.91 Å². The van der Waals surface area contributed by atoms with E-state index < -0.39 is 0 Å². The Labute approximate surface area is 118 Å². The number of rotatable bonds is 2. The molecule has 0 aliphatic heterocycles. The van der Waals surface area contributed by atoms with Crippen molar-refractivity contribution in [1.82, 2.24) is 4.57 Å². The molecule has 0 atom stereocenters. The molecule has 94 valence electrons. The number of aryl methyl sites for hydroxylation is 1. The molecule has 6 heteroatoms. The number of carbonyl (C=O) groups is 1. The number of amides is 1. The predicted octanol–water partition coefficient (Wildman–Crippen LogP) is 3.28. The van der Waals surface area contributed by atoms with E-state index in [1.54, 1.807) is 42.1 Å². The molecule has 0 spiro atoms. The minimum Gasteiger partial charge on any atom is -0.397 e. The molecule has 0 radical (unpaired) electrons. The molecule has 1 aromatic carbocycles. The first-order chi connectivity index (χ1) is 8.47. The predicted molar refractivity (Wildman–Crippen MR) is 76.9 cm³/mol. The Morgan fingerprint density at radius 3 is 2.78 bits per heavy atom. The fraction of sp³-hybridized carbons (Fsp3) is 0.0833. The number of nitrogens with one attached hydrogen (secondary N) is 1. The molecule has 1 heterocycles. The van der Waals surface area contributed by atoms with Crippen LogP contribution in [-0.4, -0.2) is 10.5 Å². The van der Waals surface area contributed by atoms with Gasteiger partial charge in [0.1, 0.15) is 5.69 Å². The molecule has 0 unspecified atom stereocenters. The SMILES string of the molecule is Cn1cc(N)cc1C(=O)Nc1cc(Br)ccc1Cl. The van der Waals surface area contributed by atoms with Crippen molar-refractivity contribution in [3.8, 4) is 0 Å².